The molecule has 2 aromatic rings. The van der Waals surface area contributed by atoms with Gasteiger partial charge in [0.15, 0.2) is 0 Å². The van der Waals surface area contributed by atoms with Crippen molar-refractivity contribution in [1.82, 2.24) is 9.88 Å². The maximum Gasteiger partial charge on any atom is 0.322 e. The minimum absolute atomic E-state index is 0.00828. The number of anilines is 1. The van der Waals surface area contributed by atoms with Gasteiger partial charge in [0.2, 0.25) is 0 Å². The number of aliphatic hydroxyl groups excluding tert-OH is 1. The van der Waals surface area contributed by atoms with Crippen molar-refractivity contribution < 1.29 is 9.90 Å². The minimum Gasteiger partial charge on any atom is -0.395 e. The molecule has 0 saturated carbocycles. The molecule has 1 aromatic heterocycles. The van der Waals surface area contributed by atoms with Crippen LogP contribution in [-0.4, -0.2) is 34.2 Å². The van der Waals surface area contributed by atoms with Gasteiger partial charge in [0.05, 0.1) is 12.6 Å². The first kappa shape index (κ1) is 15.5. The van der Waals surface area contributed by atoms with E-state index in [-0.39, 0.29) is 18.7 Å². The number of benzene rings is 1. The zero-order chi connectivity index (χ0) is 16.1. The van der Waals surface area contributed by atoms with E-state index in [4.69, 9.17) is 0 Å². The summed E-state index contributed by atoms with van der Waals surface area (Å²) in [7, 11) is 0. The van der Waals surface area contributed by atoms with Crippen LogP contribution in [0, 0.1) is 0 Å². The number of aromatic nitrogens is 1. The van der Waals surface area contributed by atoms with Crippen LogP contribution >= 0.6 is 0 Å². The average molecular weight is 311 g/mol. The Kier molecular flexibility index (Phi) is 4.88. The standard InChI is InChI=1S/C18H21N3O2/c22-13-12-21(18(23)20-15-8-10-19-11-9-15)17-7-3-5-14-4-1-2-6-16(14)17/h1-2,4,6,8-11,17,22H,3,5,7,12-13H2,(H,19,20,23). The predicted octanol–water partition coefficient (Wildman–Crippen LogP) is 2.99. The second kappa shape index (κ2) is 7.24. The molecule has 1 aliphatic rings. The topological polar surface area (TPSA) is 65.5 Å². The lowest BCUT2D eigenvalue weighted by Gasteiger charge is -2.35. The largest absolute Gasteiger partial charge is 0.395 e. The molecule has 3 rings (SSSR count). The summed E-state index contributed by atoms with van der Waals surface area (Å²) in [5.41, 5.74) is 3.19. The summed E-state index contributed by atoms with van der Waals surface area (Å²) >= 11 is 0. The summed E-state index contributed by atoms with van der Waals surface area (Å²) in [6.45, 7) is 0.262. The van der Waals surface area contributed by atoms with Gasteiger partial charge < -0.3 is 15.3 Å². The molecule has 23 heavy (non-hydrogen) atoms. The van der Waals surface area contributed by atoms with Gasteiger partial charge in [0.25, 0.3) is 0 Å². The zero-order valence-electron chi connectivity index (χ0n) is 13.0. The molecule has 1 heterocycles. The summed E-state index contributed by atoms with van der Waals surface area (Å²) < 4.78 is 0. The Morgan fingerprint density at radius 1 is 1.26 bits per heavy atom. The Labute approximate surface area is 136 Å². The SMILES string of the molecule is O=C(Nc1ccncc1)N(CCO)C1CCCc2ccccc21. The number of nitrogens with zero attached hydrogens (tertiary/aromatic N) is 2. The van der Waals surface area contributed by atoms with E-state index >= 15 is 0 Å². The maximum atomic E-state index is 12.7. The summed E-state index contributed by atoms with van der Waals surface area (Å²) in [5, 5.41) is 12.3. The Morgan fingerprint density at radius 3 is 2.83 bits per heavy atom. The van der Waals surface area contributed by atoms with Gasteiger partial charge in [-0.05, 0) is 42.5 Å². The van der Waals surface area contributed by atoms with Gasteiger partial charge >= 0.3 is 6.03 Å². The van der Waals surface area contributed by atoms with Crippen LogP contribution in [0.15, 0.2) is 48.8 Å². The van der Waals surface area contributed by atoms with E-state index in [9.17, 15) is 9.90 Å². The van der Waals surface area contributed by atoms with Gasteiger partial charge in [-0.3, -0.25) is 4.98 Å². The minimum atomic E-state index is -0.188. The predicted molar refractivity (Wildman–Crippen MR) is 89.2 cm³/mol. The van der Waals surface area contributed by atoms with Crippen LogP contribution in [0.25, 0.3) is 0 Å². The highest BCUT2D eigenvalue weighted by atomic mass is 16.3. The molecular weight excluding hydrogens is 290 g/mol. The number of urea groups is 1. The number of fused-ring (bicyclic) bond motifs is 1. The van der Waals surface area contributed by atoms with Crippen molar-refractivity contribution in [2.45, 2.75) is 25.3 Å². The van der Waals surface area contributed by atoms with Crippen LogP contribution in [-0.2, 0) is 6.42 Å². The van der Waals surface area contributed by atoms with Gasteiger partial charge in [-0.15, -0.1) is 0 Å². The number of pyridine rings is 1. The van der Waals surface area contributed by atoms with Gasteiger partial charge in [-0.25, -0.2) is 4.79 Å². The Balaban J connectivity index is 1.83. The fraction of sp³-hybridized carbons (Fsp3) is 0.333. The van der Waals surface area contributed by atoms with Crippen molar-refractivity contribution in [3.63, 3.8) is 0 Å². The highest BCUT2D eigenvalue weighted by Gasteiger charge is 2.28. The molecule has 0 aliphatic heterocycles. The van der Waals surface area contributed by atoms with Crippen molar-refractivity contribution in [2.75, 3.05) is 18.5 Å². The van der Waals surface area contributed by atoms with Gasteiger partial charge in [-0.2, -0.15) is 0 Å². The molecule has 1 aliphatic carbocycles. The van der Waals surface area contributed by atoms with E-state index in [1.54, 1.807) is 29.4 Å². The number of amides is 2. The van der Waals surface area contributed by atoms with E-state index in [0.717, 1.165) is 19.3 Å². The maximum absolute atomic E-state index is 12.7. The first-order chi connectivity index (χ1) is 11.3. The first-order valence-electron chi connectivity index (χ1n) is 7.96. The summed E-state index contributed by atoms with van der Waals surface area (Å²) in [4.78, 5) is 18.4. The van der Waals surface area contributed by atoms with Crippen molar-refractivity contribution in [3.8, 4) is 0 Å². The van der Waals surface area contributed by atoms with Gasteiger partial charge in [0.1, 0.15) is 0 Å². The smallest absolute Gasteiger partial charge is 0.322 e. The van der Waals surface area contributed by atoms with E-state index in [0.29, 0.717) is 12.2 Å². The molecule has 0 spiro atoms. The molecule has 1 unspecified atom stereocenters. The summed E-state index contributed by atoms with van der Waals surface area (Å²) in [5.74, 6) is 0. The average Bonchev–Trinajstić information content (AvgIpc) is 2.60. The second-order valence-electron chi connectivity index (χ2n) is 5.69. The van der Waals surface area contributed by atoms with E-state index < -0.39 is 0 Å². The second-order valence-corrected chi connectivity index (χ2v) is 5.69. The lowest BCUT2D eigenvalue weighted by atomic mass is 9.87. The number of rotatable bonds is 4. The highest BCUT2D eigenvalue weighted by Crippen LogP contribution is 2.34. The summed E-state index contributed by atoms with van der Waals surface area (Å²) in [6, 6.07) is 11.6. The third-order valence-corrected chi connectivity index (χ3v) is 4.25. The van der Waals surface area contributed by atoms with Crippen molar-refractivity contribution in [1.29, 1.82) is 0 Å². The molecule has 0 fully saturated rings. The molecular formula is C18H21N3O2. The molecule has 120 valence electrons. The third-order valence-electron chi connectivity index (χ3n) is 4.25. The van der Waals surface area contributed by atoms with Crippen LogP contribution in [0.2, 0.25) is 0 Å². The van der Waals surface area contributed by atoms with E-state index in [1.165, 1.54) is 11.1 Å². The molecule has 2 amide bonds. The Hall–Kier alpha value is -2.40. The van der Waals surface area contributed by atoms with Crippen LogP contribution in [0.4, 0.5) is 10.5 Å². The Morgan fingerprint density at radius 2 is 2.04 bits per heavy atom. The van der Waals surface area contributed by atoms with Crippen molar-refractivity contribution >= 4 is 11.7 Å². The molecule has 1 atom stereocenters. The van der Waals surface area contributed by atoms with Gasteiger partial charge in [-0.1, -0.05) is 24.3 Å². The van der Waals surface area contributed by atoms with Crippen LogP contribution in [0.3, 0.4) is 0 Å². The number of carbonyl (C=O) groups excluding carboxylic acids is 1. The fourth-order valence-electron chi connectivity index (χ4n) is 3.19. The van der Waals surface area contributed by atoms with Gasteiger partial charge in [0, 0.05) is 24.6 Å². The molecule has 2 N–H and O–H groups in total. The molecule has 5 heteroatoms. The van der Waals surface area contributed by atoms with Crippen LogP contribution in [0.5, 0.6) is 0 Å². The molecule has 0 radical (unpaired) electrons. The Bertz CT molecular complexity index is 660. The lowest BCUT2D eigenvalue weighted by Crippen LogP contribution is -2.41. The van der Waals surface area contributed by atoms with E-state index in [1.807, 2.05) is 12.1 Å². The number of aliphatic hydroxyl groups is 1. The molecule has 0 bridgehead atoms. The number of nitrogens with one attached hydrogen (secondary N) is 1. The van der Waals surface area contributed by atoms with Crippen LogP contribution in [0.1, 0.15) is 30.0 Å². The quantitative estimate of drug-likeness (QED) is 0.912. The fourth-order valence-corrected chi connectivity index (χ4v) is 3.19. The lowest BCUT2D eigenvalue weighted by molar-refractivity contribution is 0.155. The number of carbonyl (C=O) groups is 1. The molecule has 1 aromatic carbocycles. The van der Waals surface area contributed by atoms with Crippen molar-refractivity contribution in [3.05, 3.63) is 59.9 Å². The van der Waals surface area contributed by atoms with Crippen LogP contribution < -0.4 is 5.32 Å². The normalized spacial score (nSPS) is 16.5. The number of aryl methyl sites for hydroxylation is 1. The van der Waals surface area contributed by atoms with Crippen molar-refractivity contribution in [2.24, 2.45) is 0 Å². The molecule has 0 saturated heterocycles. The summed E-state index contributed by atoms with van der Waals surface area (Å²) in [6.07, 6.45) is 6.29. The number of hydrogen-bond donors (Lipinski definition) is 2. The number of hydrogen-bond acceptors (Lipinski definition) is 3. The highest BCUT2D eigenvalue weighted by molar-refractivity contribution is 5.89. The monoisotopic (exact) mass is 311 g/mol. The first-order valence-corrected chi connectivity index (χ1v) is 7.96. The zero-order valence-corrected chi connectivity index (χ0v) is 13.0. The molecule has 5 nitrogen and oxygen atoms in total. The third kappa shape index (κ3) is 3.51. The van der Waals surface area contributed by atoms with E-state index in [2.05, 4.69) is 22.4 Å².